The number of ether oxygens (including phenoxy) is 1. The van der Waals surface area contributed by atoms with Crippen LogP contribution < -0.4 is 4.80 Å². The second kappa shape index (κ2) is 7.97. The predicted molar refractivity (Wildman–Crippen MR) is 108 cm³/mol. The van der Waals surface area contributed by atoms with Gasteiger partial charge in [0.2, 0.25) is 0 Å². The Labute approximate surface area is 166 Å². The third-order valence-corrected chi connectivity index (χ3v) is 6.01. The first-order chi connectivity index (χ1) is 13.1. The van der Waals surface area contributed by atoms with Gasteiger partial charge >= 0.3 is 0 Å². The topological polar surface area (TPSA) is 26.5 Å². The second-order valence-corrected chi connectivity index (χ2v) is 7.92. The smallest absolute Gasteiger partial charge is 0.190 e. The second-order valence-electron chi connectivity index (χ2n) is 6.67. The molecule has 0 bridgehead atoms. The van der Waals surface area contributed by atoms with Gasteiger partial charge in [-0.05, 0) is 49.6 Å². The quantitative estimate of drug-likeness (QED) is 0.547. The van der Waals surface area contributed by atoms with E-state index in [-0.39, 0.29) is 11.9 Å². The average Bonchev–Trinajstić information content (AvgIpc) is 3.30. The van der Waals surface area contributed by atoms with E-state index in [9.17, 15) is 4.39 Å². The lowest BCUT2D eigenvalue weighted by Gasteiger charge is -2.14. The number of thiazole rings is 1. The maximum atomic E-state index is 14.4. The number of halogens is 2. The highest BCUT2D eigenvalue weighted by atomic mass is 35.5. The van der Waals surface area contributed by atoms with Crippen LogP contribution in [0.4, 0.5) is 10.1 Å². The highest BCUT2D eigenvalue weighted by Gasteiger charge is 2.20. The van der Waals surface area contributed by atoms with Crippen molar-refractivity contribution in [1.82, 2.24) is 4.57 Å². The van der Waals surface area contributed by atoms with E-state index in [0.717, 1.165) is 41.2 Å². The molecule has 0 aliphatic carbocycles. The number of benzene rings is 2. The number of hydrogen-bond acceptors (Lipinski definition) is 3. The molecule has 1 saturated heterocycles. The first-order valence-electron chi connectivity index (χ1n) is 8.97. The highest BCUT2D eigenvalue weighted by Crippen LogP contribution is 2.26. The van der Waals surface area contributed by atoms with Crippen LogP contribution in [0.3, 0.4) is 0 Å². The van der Waals surface area contributed by atoms with Crippen LogP contribution in [0.25, 0.3) is 11.3 Å². The van der Waals surface area contributed by atoms with Crippen LogP contribution in [0.1, 0.15) is 18.4 Å². The SMILES string of the molecule is Cc1ccc(N=c2scc(-c3ccccc3F)n2CC2CCCO2)cc1Cl. The molecule has 140 valence electrons. The molecule has 2 heterocycles. The molecule has 3 nitrogen and oxygen atoms in total. The monoisotopic (exact) mass is 402 g/mol. The molecule has 1 aliphatic rings. The number of aryl methyl sites for hydroxylation is 1. The van der Waals surface area contributed by atoms with Crippen molar-refractivity contribution < 1.29 is 9.13 Å². The maximum Gasteiger partial charge on any atom is 0.190 e. The molecule has 1 unspecified atom stereocenters. The Morgan fingerprint density at radius 3 is 2.89 bits per heavy atom. The molecule has 2 aromatic carbocycles. The van der Waals surface area contributed by atoms with E-state index in [4.69, 9.17) is 21.3 Å². The van der Waals surface area contributed by atoms with Crippen molar-refractivity contribution in [2.45, 2.75) is 32.4 Å². The summed E-state index contributed by atoms with van der Waals surface area (Å²) in [6, 6.07) is 12.6. The Bertz CT molecular complexity index is 1020. The van der Waals surface area contributed by atoms with Crippen molar-refractivity contribution in [1.29, 1.82) is 0 Å². The van der Waals surface area contributed by atoms with Crippen LogP contribution in [0.5, 0.6) is 0 Å². The summed E-state index contributed by atoms with van der Waals surface area (Å²) in [6.45, 7) is 3.40. The van der Waals surface area contributed by atoms with E-state index in [1.807, 2.05) is 36.6 Å². The number of hydrogen-bond donors (Lipinski definition) is 0. The highest BCUT2D eigenvalue weighted by molar-refractivity contribution is 7.07. The van der Waals surface area contributed by atoms with Gasteiger partial charge in [0, 0.05) is 22.6 Å². The van der Waals surface area contributed by atoms with E-state index in [1.165, 1.54) is 17.4 Å². The summed E-state index contributed by atoms with van der Waals surface area (Å²) < 4.78 is 22.3. The van der Waals surface area contributed by atoms with Crippen LogP contribution in [-0.2, 0) is 11.3 Å². The molecule has 6 heteroatoms. The van der Waals surface area contributed by atoms with Gasteiger partial charge in [0.15, 0.2) is 4.80 Å². The third-order valence-electron chi connectivity index (χ3n) is 4.74. The Kier molecular flexibility index (Phi) is 5.43. The summed E-state index contributed by atoms with van der Waals surface area (Å²) in [4.78, 5) is 5.59. The van der Waals surface area contributed by atoms with Gasteiger partial charge in [0.1, 0.15) is 5.82 Å². The van der Waals surface area contributed by atoms with Crippen LogP contribution in [0, 0.1) is 12.7 Å². The minimum Gasteiger partial charge on any atom is -0.376 e. The standard InChI is InChI=1S/C21H20ClFN2OS/c1-14-8-9-15(11-18(14)22)24-21-25(12-16-5-4-10-26-16)20(13-27-21)17-6-2-3-7-19(17)23/h2-3,6-9,11,13,16H,4-5,10,12H2,1H3. The molecule has 1 atom stereocenters. The zero-order valence-electron chi connectivity index (χ0n) is 15.0. The fraction of sp³-hybridized carbons (Fsp3) is 0.286. The van der Waals surface area contributed by atoms with Crippen molar-refractivity contribution in [2.24, 2.45) is 4.99 Å². The molecule has 0 N–H and O–H groups in total. The lowest BCUT2D eigenvalue weighted by atomic mass is 10.1. The Morgan fingerprint density at radius 2 is 2.15 bits per heavy atom. The maximum absolute atomic E-state index is 14.4. The molecule has 1 fully saturated rings. The number of rotatable bonds is 4. The van der Waals surface area contributed by atoms with Crippen molar-refractivity contribution >= 4 is 28.6 Å². The fourth-order valence-corrected chi connectivity index (χ4v) is 4.34. The van der Waals surface area contributed by atoms with Gasteiger partial charge in [-0.1, -0.05) is 29.8 Å². The summed E-state index contributed by atoms with van der Waals surface area (Å²) in [7, 11) is 0. The van der Waals surface area contributed by atoms with E-state index < -0.39 is 0 Å². The molecule has 27 heavy (non-hydrogen) atoms. The van der Waals surface area contributed by atoms with Gasteiger partial charge in [0.05, 0.1) is 24.0 Å². The van der Waals surface area contributed by atoms with E-state index in [1.54, 1.807) is 12.1 Å². The fourth-order valence-electron chi connectivity index (χ4n) is 3.23. The lowest BCUT2D eigenvalue weighted by Crippen LogP contribution is -2.24. The summed E-state index contributed by atoms with van der Waals surface area (Å²) in [5, 5.41) is 2.65. The zero-order chi connectivity index (χ0) is 18.8. The minimum atomic E-state index is -0.235. The molecule has 0 saturated carbocycles. The summed E-state index contributed by atoms with van der Waals surface area (Å²) in [6.07, 6.45) is 2.20. The van der Waals surface area contributed by atoms with Gasteiger partial charge in [-0.15, -0.1) is 11.3 Å². The van der Waals surface area contributed by atoms with Crippen LogP contribution >= 0.6 is 22.9 Å². The molecule has 0 amide bonds. The Morgan fingerprint density at radius 1 is 1.30 bits per heavy atom. The van der Waals surface area contributed by atoms with Gasteiger partial charge in [0.25, 0.3) is 0 Å². The Balaban J connectivity index is 1.82. The minimum absolute atomic E-state index is 0.130. The van der Waals surface area contributed by atoms with E-state index in [0.29, 0.717) is 17.1 Å². The van der Waals surface area contributed by atoms with Crippen LogP contribution in [-0.4, -0.2) is 17.3 Å². The number of nitrogens with zero attached hydrogens (tertiary/aromatic N) is 2. The van der Waals surface area contributed by atoms with Crippen molar-refractivity contribution in [3.8, 4) is 11.3 Å². The zero-order valence-corrected chi connectivity index (χ0v) is 16.6. The largest absolute Gasteiger partial charge is 0.376 e. The van der Waals surface area contributed by atoms with Gasteiger partial charge < -0.3 is 9.30 Å². The van der Waals surface area contributed by atoms with Crippen molar-refractivity contribution in [3.63, 3.8) is 0 Å². The predicted octanol–water partition coefficient (Wildman–Crippen LogP) is 5.73. The summed E-state index contributed by atoms with van der Waals surface area (Å²) in [5.74, 6) is -0.235. The van der Waals surface area contributed by atoms with Crippen molar-refractivity contribution in [2.75, 3.05) is 6.61 Å². The molecular formula is C21H20ClFN2OS. The van der Waals surface area contributed by atoms with Crippen LogP contribution in [0.2, 0.25) is 5.02 Å². The normalized spacial score (nSPS) is 17.6. The lowest BCUT2D eigenvalue weighted by molar-refractivity contribution is 0.0967. The molecular weight excluding hydrogens is 383 g/mol. The molecule has 1 aliphatic heterocycles. The summed E-state index contributed by atoms with van der Waals surface area (Å²) in [5.41, 5.74) is 3.20. The first-order valence-corrected chi connectivity index (χ1v) is 10.2. The summed E-state index contributed by atoms with van der Waals surface area (Å²) >= 11 is 7.75. The van der Waals surface area contributed by atoms with Gasteiger partial charge in [-0.25, -0.2) is 9.38 Å². The molecule has 3 aromatic rings. The van der Waals surface area contributed by atoms with Crippen LogP contribution in [0.15, 0.2) is 52.8 Å². The number of aromatic nitrogens is 1. The molecule has 1 aromatic heterocycles. The van der Waals surface area contributed by atoms with Gasteiger partial charge in [-0.3, -0.25) is 0 Å². The Hall–Kier alpha value is -1.95. The molecule has 0 spiro atoms. The third kappa shape index (κ3) is 4.00. The van der Waals surface area contributed by atoms with E-state index in [2.05, 4.69) is 4.57 Å². The van der Waals surface area contributed by atoms with Crippen molar-refractivity contribution in [3.05, 3.63) is 69.0 Å². The van der Waals surface area contributed by atoms with Gasteiger partial charge in [-0.2, -0.15) is 0 Å². The van der Waals surface area contributed by atoms with E-state index >= 15 is 0 Å². The molecule has 0 radical (unpaired) electrons. The first kappa shape index (κ1) is 18.4. The average molecular weight is 403 g/mol. The molecule has 4 rings (SSSR count).